The van der Waals surface area contributed by atoms with E-state index in [0.717, 1.165) is 37.8 Å². The summed E-state index contributed by atoms with van der Waals surface area (Å²) >= 11 is 0. The molecule has 1 aliphatic carbocycles. The standard InChI is InChI=1S/C22H29N3O3/c1-4-18(23-16-12-10-15(11-13-16)14(2)3)19-20(26)24-22(28)25(21(19)27)17-8-6-5-7-9-17/h4,10-14,17,19,23H,5-9H2,1-3H3,(H,24,26,28)/b18-4+/t19-/m0/s1. The number of allylic oxidation sites excluding steroid dienone is 1. The molecular formula is C22H29N3O3. The topological polar surface area (TPSA) is 78.5 Å². The van der Waals surface area contributed by atoms with E-state index < -0.39 is 23.8 Å². The van der Waals surface area contributed by atoms with Crippen LogP contribution in [0.1, 0.15) is 64.4 Å². The molecule has 4 amide bonds. The fourth-order valence-electron chi connectivity index (χ4n) is 3.98. The number of nitrogens with one attached hydrogen (secondary N) is 2. The fraction of sp³-hybridized carbons (Fsp3) is 0.500. The third-order valence-electron chi connectivity index (χ3n) is 5.62. The summed E-state index contributed by atoms with van der Waals surface area (Å²) in [6.07, 6.45) is 6.45. The van der Waals surface area contributed by atoms with Gasteiger partial charge in [-0.3, -0.25) is 19.8 Å². The SMILES string of the molecule is C/C=C(/Nc1ccc(C(C)C)cc1)[C@H]1C(=O)NC(=O)N(C2CCCCC2)C1=O. The van der Waals surface area contributed by atoms with Gasteiger partial charge in [-0.05, 0) is 43.4 Å². The second kappa shape index (κ2) is 8.59. The summed E-state index contributed by atoms with van der Waals surface area (Å²) in [4.78, 5) is 39.3. The maximum atomic E-state index is 13.1. The van der Waals surface area contributed by atoms with Crippen molar-refractivity contribution in [2.45, 2.75) is 64.8 Å². The van der Waals surface area contributed by atoms with Crippen LogP contribution in [0.2, 0.25) is 0 Å². The second-order valence-electron chi connectivity index (χ2n) is 7.87. The van der Waals surface area contributed by atoms with Crippen molar-refractivity contribution >= 4 is 23.5 Å². The number of barbiturate groups is 1. The first-order valence-electron chi connectivity index (χ1n) is 10.1. The molecule has 1 aromatic rings. The van der Waals surface area contributed by atoms with Gasteiger partial charge in [-0.2, -0.15) is 0 Å². The minimum Gasteiger partial charge on any atom is -0.358 e. The third kappa shape index (κ3) is 4.11. The number of anilines is 1. The van der Waals surface area contributed by atoms with Crippen LogP contribution in [0.25, 0.3) is 0 Å². The number of carbonyl (C=O) groups excluding carboxylic acids is 3. The maximum Gasteiger partial charge on any atom is 0.331 e. The number of urea groups is 1. The van der Waals surface area contributed by atoms with E-state index in [4.69, 9.17) is 0 Å². The Morgan fingerprint density at radius 1 is 1.11 bits per heavy atom. The summed E-state index contributed by atoms with van der Waals surface area (Å²) in [6, 6.07) is 7.22. The molecule has 1 aromatic carbocycles. The molecule has 1 atom stereocenters. The van der Waals surface area contributed by atoms with Gasteiger partial charge in [0.2, 0.25) is 11.8 Å². The predicted molar refractivity (Wildman–Crippen MR) is 109 cm³/mol. The molecule has 0 aromatic heterocycles. The highest BCUT2D eigenvalue weighted by Gasteiger charge is 2.45. The average Bonchev–Trinajstić information content (AvgIpc) is 2.68. The van der Waals surface area contributed by atoms with Crippen LogP contribution >= 0.6 is 0 Å². The number of imide groups is 2. The van der Waals surface area contributed by atoms with E-state index in [0.29, 0.717) is 11.6 Å². The number of rotatable bonds is 5. The van der Waals surface area contributed by atoms with Gasteiger partial charge in [-0.15, -0.1) is 0 Å². The van der Waals surface area contributed by atoms with Crippen molar-refractivity contribution in [3.63, 3.8) is 0 Å². The van der Waals surface area contributed by atoms with E-state index in [-0.39, 0.29) is 6.04 Å². The first kappa shape index (κ1) is 20.1. The van der Waals surface area contributed by atoms with Gasteiger partial charge in [0, 0.05) is 17.4 Å². The van der Waals surface area contributed by atoms with Gasteiger partial charge in [0.15, 0.2) is 5.92 Å². The zero-order chi connectivity index (χ0) is 20.3. The fourth-order valence-corrected chi connectivity index (χ4v) is 3.98. The molecule has 3 rings (SSSR count). The average molecular weight is 383 g/mol. The maximum absolute atomic E-state index is 13.1. The molecule has 6 heteroatoms. The summed E-state index contributed by atoms with van der Waals surface area (Å²) in [5, 5.41) is 5.58. The van der Waals surface area contributed by atoms with Crippen molar-refractivity contribution in [2.24, 2.45) is 5.92 Å². The van der Waals surface area contributed by atoms with Gasteiger partial charge in [0.25, 0.3) is 0 Å². The molecule has 0 bridgehead atoms. The van der Waals surface area contributed by atoms with Crippen LogP contribution in [0, 0.1) is 5.92 Å². The van der Waals surface area contributed by atoms with Crippen LogP contribution in [-0.4, -0.2) is 28.8 Å². The van der Waals surface area contributed by atoms with Crippen LogP contribution < -0.4 is 10.6 Å². The molecule has 2 N–H and O–H groups in total. The Hall–Kier alpha value is -2.63. The molecule has 0 radical (unpaired) electrons. The third-order valence-corrected chi connectivity index (χ3v) is 5.62. The molecule has 2 aliphatic rings. The van der Waals surface area contributed by atoms with Crippen molar-refractivity contribution < 1.29 is 14.4 Å². The zero-order valence-corrected chi connectivity index (χ0v) is 16.8. The molecule has 1 saturated heterocycles. The minimum atomic E-state index is -1.03. The largest absolute Gasteiger partial charge is 0.358 e. The monoisotopic (exact) mass is 383 g/mol. The van der Waals surface area contributed by atoms with Crippen molar-refractivity contribution in [2.75, 3.05) is 5.32 Å². The number of hydrogen-bond donors (Lipinski definition) is 2. The molecule has 0 unspecified atom stereocenters. The molecular weight excluding hydrogens is 354 g/mol. The van der Waals surface area contributed by atoms with Crippen molar-refractivity contribution in [3.05, 3.63) is 41.6 Å². The van der Waals surface area contributed by atoms with Gasteiger partial charge >= 0.3 is 6.03 Å². The minimum absolute atomic E-state index is 0.125. The first-order valence-corrected chi connectivity index (χ1v) is 10.1. The normalized spacial score (nSPS) is 21.9. The molecule has 1 saturated carbocycles. The number of hydrogen-bond acceptors (Lipinski definition) is 4. The number of benzene rings is 1. The molecule has 2 fully saturated rings. The molecule has 150 valence electrons. The van der Waals surface area contributed by atoms with Crippen LogP contribution in [0.5, 0.6) is 0 Å². The molecule has 1 aliphatic heterocycles. The highest BCUT2D eigenvalue weighted by molar-refractivity contribution is 6.18. The Labute approximate surface area is 166 Å². The lowest BCUT2D eigenvalue weighted by atomic mass is 9.91. The Morgan fingerprint density at radius 2 is 1.75 bits per heavy atom. The van der Waals surface area contributed by atoms with E-state index in [1.807, 2.05) is 24.3 Å². The smallest absolute Gasteiger partial charge is 0.331 e. The highest BCUT2D eigenvalue weighted by atomic mass is 16.2. The zero-order valence-electron chi connectivity index (χ0n) is 16.8. The van der Waals surface area contributed by atoms with E-state index in [2.05, 4.69) is 24.5 Å². The summed E-state index contributed by atoms with van der Waals surface area (Å²) in [5.74, 6) is -1.60. The predicted octanol–water partition coefficient (Wildman–Crippen LogP) is 4.15. The van der Waals surface area contributed by atoms with E-state index in [1.165, 1.54) is 10.5 Å². The van der Waals surface area contributed by atoms with Crippen molar-refractivity contribution in [3.8, 4) is 0 Å². The Kier molecular flexibility index (Phi) is 6.17. The van der Waals surface area contributed by atoms with Gasteiger partial charge in [0.1, 0.15) is 0 Å². The number of carbonyl (C=O) groups is 3. The quantitative estimate of drug-likeness (QED) is 0.749. The van der Waals surface area contributed by atoms with Gasteiger partial charge in [0.05, 0.1) is 0 Å². The van der Waals surface area contributed by atoms with Gasteiger partial charge in [-0.25, -0.2) is 4.79 Å². The molecule has 0 spiro atoms. The highest BCUT2D eigenvalue weighted by Crippen LogP contribution is 2.29. The molecule has 1 heterocycles. The van der Waals surface area contributed by atoms with Gasteiger partial charge < -0.3 is 5.32 Å². The van der Waals surface area contributed by atoms with Crippen LogP contribution in [0.3, 0.4) is 0 Å². The van der Waals surface area contributed by atoms with Crippen LogP contribution in [0.15, 0.2) is 36.0 Å². The van der Waals surface area contributed by atoms with Gasteiger partial charge in [-0.1, -0.05) is 51.3 Å². The number of amides is 4. The van der Waals surface area contributed by atoms with Crippen molar-refractivity contribution in [1.82, 2.24) is 10.2 Å². The summed E-state index contributed by atoms with van der Waals surface area (Å²) in [7, 11) is 0. The van der Waals surface area contributed by atoms with E-state index in [1.54, 1.807) is 13.0 Å². The van der Waals surface area contributed by atoms with Crippen molar-refractivity contribution in [1.29, 1.82) is 0 Å². The molecule has 6 nitrogen and oxygen atoms in total. The first-order chi connectivity index (χ1) is 13.4. The second-order valence-corrected chi connectivity index (χ2v) is 7.87. The van der Waals surface area contributed by atoms with Crippen LogP contribution in [0.4, 0.5) is 10.5 Å². The lowest BCUT2D eigenvalue weighted by Gasteiger charge is -2.38. The van der Waals surface area contributed by atoms with E-state index in [9.17, 15) is 14.4 Å². The lowest BCUT2D eigenvalue weighted by molar-refractivity contribution is -0.142. The summed E-state index contributed by atoms with van der Waals surface area (Å²) < 4.78 is 0. The summed E-state index contributed by atoms with van der Waals surface area (Å²) in [5.41, 5.74) is 2.51. The molecule has 28 heavy (non-hydrogen) atoms. The Balaban J connectivity index is 1.80. The lowest BCUT2D eigenvalue weighted by Crippen LogP contribution is -2.61. The number of nitrogens with zero attached hydrogens (tertiary/aromatic N) is 1. The Morgan fingerprint density at radius 3 is 2.32 bits per heavy atom. The summed E-state index contributed by atoms with van der Waals surface area (Å²) in [6.45, 7) is 6.04. The Bertz CT molecular complexity index is 777. The van der Waals surface area contributed by atoms with E-state index >= 15 is 0 Å². The van der Waals surface area contributed by atoms with Crippen LogP contribution in [-0.2, 0) is 9.59 Å².